The van der Waals surface area contributed by atoms with Crippen molar-refractivity contribution < 1.29 is 14.3 Å². The lowest BCUT2D eigenvalue weighted by molar-refractivity contribution is 0.0594. The number of rotatable bonds is 3. The fourth-order valence-corrected chi connectivity index (χ4v) is 1.78. The van der Waals surface area contributed by atoms with E-state index in [2.05, 4.69) is 9.84 Å². The molecule has 1 saturated heterocycles. The van der Waals surface area contributed by atoms with Gasteiger partial charge in [-0.3, -0.25) is 4.68 Å². The summed E-state index contributed by atoms with van der Waals surface area (Å²) in [5.74, 6) is -0.0521. The molecule has 2 heterocycles. The summed E-state index contributed by atoms with van der Waals surface area (Å²) in [6, 6.07) is 0. The molecule has 1 aliphatic heterocycles. The lowest BCUT2D eigenvalue weighted by Gasteiger charge is -2.06. The smallest absolute Gasteiger partial charge is 0.360 e. The van der Waals surface area contributed by atoms with Crippen LogP contribution in [0.15, 0.2) is 6.20 Å². The standard InChI is InChI=1S/C10H15N3O3/c1-15-10(14)9-8(11)5-13(12-9)4-7-2-3-16-6-7/h5,7H,2-4,6,11H2,1H3. The highest BCUT2D eigenvalue weighted by Crippen LogP contribution is 2.17. The quantitative estimate of drug-likeness (QED) is 0.748. The van der Waals surface area contributed by atoms with E-state index in [1.54, 1.807) is 10.9 Å². The number of nitrogens with zero attached hydrogens (tertiary/aromatic N) is 2. The second-order valence-corrected chi connectivity index (χ2v) is 3.88. The molecule has 0 aromatic carbocycles. The van der Waals surface area contributed by atoms with Crippen molar-refractivity contribution in [1.82, 2.24) is 9.78 Å². The van der Waals surface area contributed by atoms with E-state index in [0.29, 0.717) is 11.6 Å². The highest BCUT2D eigenvalue weighted by atomic mass is 16.5. The zero-order valence-corrected chi connectivity index (χ0v) is 9.18. The number of hydrogen-bond acceptors (Lipinski definition) is 5. The van der Waals surface area contributed by atoms with Gasteiger partial charge in [0.05, 0.1) is 19.4 Å². The Bertz CT molecular complexity index is 383. The van der Waals surface area contributed by atoms with Gasteiger partial charge in [0.15, 0.2) is 5.69 Å². The normalized spacial score (nSPS) is 19.9. The van der Waals surface area contributed by atoms with E-state index in [-0.39, 0.29) is 5.69 Å². The molecule has 1 aliphatic rings. The van der Waals surface area contributed by atoms with Gasteiger partial charge in [0, 0.05) is 25.3 Å². The minimum absolute atomic E-state index is 0.182. The lowest BCUT2D eigenvalue weighted by atomic mass is 10.1. The van der Waals surface area contributed by atoms with Crippen molar-refractivity contribution in [3.05, 3.63) is 11.9 Å². The van der Waals surface area contributed by atoms with Gasteiger partial charge in [0.25, 0.3) is 0 Å². The molecule has 16 heavy (non-hydrogen) atoms. The SMILES string of the molecule is COC(=O)c1nn(CC2CCOC2)cc1N. The largest absolute Gasteiger partial charge is 0.464 e. The van der Waals surface area contributed by atoms with E-state index < -0.39 is 5.97 Å². The van der Waals surface area contributed by atoms with Crippen molar-refractivity contribution in [2.24, 2.45) is 5.92 Å². The fourth-order valence-electron chi connectivity index (χ4n) is 1.78. The Morgan fingerprint density at radius 3 is 3.25 bits per heavy atom. The second kappa shape index (κ2) is 4.52. The third-order valence-electron chi connectivity index (χ3n) is 2.64. The predicted molar refractivity (Wildman–Crippen MR) is 56.9 cm³/mol. The minimum Gasteiger partial charge on any atom is -0.464 e. The van der Waals surface area contributed by atoms with E-state index in [1.165, 1.54) is 7.11 Å². The van der Waals surface area contributed by atoms with Crippen LogP contribution in [0.3, 0.4) is 0 Å². The van der Waals surface area contributed by atoms with Crippen molar-refractivity contribution in [2.45, 2.75) is 13.0 Å². The molecule has 0 radical (unpaired) electrons. The summed E-state index contributed by atoms with van der Waals surface area (Å²) >= 11 is 0. The van der Waals surface area contributed by atoms with E-state index in [1.807, 2.05) is 0 Å². The molecule has 0 amide bonds. The van der Waals surface area contributed by atoms with Crippen LogP contribution in [0.25, 0.3) is 0 Å². The van der Waals surface area contributed by atoms with Crippen molar-refractivity contribution in [3.63, 3.8) is 0 Å². The number of carbonyl (C=O) groups excluding carboxylic acids is 1. The maximum atomic E-state index is 11.3. The van der Waals surface area contributed by atoms with Gasteiger partial charge in [-0.1, -0.05) is 0 Å². The molecular weight excluding hydrogens is 210 g/mol. The summed E-state index contributed by atoms with van der Waals surface area (Å²) in [4.78, 5) is 11.3. The second-order valence-electron chi connectivity index (χ2n) is 3.88. The van der Waals surface area contributed by atoms with Gasteiger partial charge in [-0.2, -0.15) is 5.10 Å². The van der Waals surface area contributed by atoms with Gasteiger partial charge in [-0.05, 0) is 6.42 Å². The van der Waals surface area contributed by atoms with Gasteiger partial charge < -0.3 is 15.2 Å². The molecule has 1 aromatic rings. The van der Waals surface area contributed by atoms with Crippen LogP contribution in [0.1, 0.15) is 16.9 Å². The Morgan fingerprint density at radius 1 is 1.81 bits per heavy atom. The summed E-state index contributed by atoms with van der Waals surface area (Å²) in [5.41, 5.74) is 6.21. The van der Waals surface area contributed by atoms with Crippen LogP contribution >= 0.6 is 0 Å². The number of hydrogen-bond donors (Lipinski definition) is 1. The van der Waals surface area contributed by atoms with Gasteiger partial charge in [0.1, 0.15) is 0 Å². The number of nitrogens with two attached hydrogens (primary N) is 1. The highest BCUT2D eigenvalue weighted by molar-refractivity contribution is 5.92. The number of methoxy groups -OCH3 is 1. The Labute approximate surface area is 93.3 Å². The van der Waals surface area contributed by atoms with E-state index in [0.717, 1.165) is 26.2 Å². The van der Waals surface area contributed by atoms with Crippen molar-refractivity contribution in [2.75, 3.05) is 26.1 Å². The van der Waals surface area contributed by atoms with Crippen LogP contribution in [-0.2, 0) is 16.0 Å². The number of aromatic nitrogens is 2. The van der Waals surface area contributed by atoms with Gasteiger partial charge in [0.2, 0.25) is 0 Å². The molecule has 0 spiro atoms. The summed E-state index contributed by atoms with van der Waals surface area (Å²) in [6.45, 7) is 2.26. The summed E-state index contributed by atoms with van der Waals surface area (Å²) in [7, 11) is 1.31. The van der Waals surface area contributed by atoms with Crippen molar-refractivity contribution >= 4 is 11.7 Å². The number of esters is 1. The molecule has 6 nitrogen and oxygen atoms in total. The average Bonchev–Trinajstić information content (AvgIpc) is 2.88. The highest BCUT2D eigenvalue weighted by Gasteiger charge is 2.19. The topological polar surface area (TPSA) is 79.4 Å². The van der Waals surface area contributed by atoms with Crippen LogP contribution in [0.5, 0.6) is 0 Å². The number of nitrogen functional groups attached to an aromatic ring is 1. The molecule has 0 saturated carbocycles. The fraction of sp³-hybridized carbons (Fsp3) is 0.600. The first-order valence-corrected chi connectivity index (χ1v) is 5.19. The summed E-state index contributed by atoms with van der Waals surface area (Å²) < 4.78 is 11.5. The summed E-state index contributed by atoms with van der Waals surface area (Å²) in [5, 5.41) is 4.11. The monoisotopic (exact) mass is 225 g/mol. The third-order valence-corrected chi connectivity index (χ3v) is 2.64. The molecule has 6 heteroatoms. The molecule has 2 N–H and O–H groups in total. The molecule has 1 aromatic heterocycles. The summed E-state index contributed by atoms with van der Waals surface area (Å²) in [6.07, 6.45) is 2.68. The lowest BCUT2D eigenvalue weighted by Crippen LogP contribution is -2.12. The Morgan fingerprint density at radius 2 is 2.62 bits per heavy atom. The maximum absolute atomic E-state index is 11.3. The van der Waals surface area contributed by atoms with Gasteiger partial charge in [-0.15, -0.1) is 0 Å². The van der Waals surface area contributed by atoms with Crippen LogP contribution in [0.4, 0.5) is 5.69 Å². The van der Waals surface area contributed by atoms with Crippen LogP contribution in [0, 0.1) is 5.92 Å². The van der Waals surface area contributed by atoms with Gasteiger partial charge >= 0.3 is 5.97 Å². The molecule has 0 bridgehead atoms. The van der Waals surface area contributed by atoms with E-state index in [9.17, 15) is 4.79 Å². The number of anilines is 1. The molecule has 1 atom stereocenters. The molecule has 0 aliphatic carbocycles. The molecule has 88 valence electrons. The molecule has 2 rings (SSSR count). The third kappa shape index (κ3) is 2.16. The zero-order valence-electron chi connectivity index (χ0n) is 9.18. The van der Waals surface area contributed by atoms with E-state index in [4.69, 9.17) is 10.5 Å². The van der Waals surface area contributed by atoms with Crippen LogP contribution in [0.2, 0.25) is 0 Å². The Kier molecular flexibility index (Phi) is 3.09. The van der Waals surface area contributed by atoms with Crippen LogP contribution in [-0.4, -0.2) is 36.1 Å². The van der Waals surface area contributed by atoms with Crippen molar-refractivity contribution in [1.29, 1.82) is 0 Å². The zero-order chi connectivity index (χ0) is 11.5. The van der Waals surface area contributed by atoms with Crippen LogP contribution < -0.4 is 5.73 Å². The first kappa shape index (κ1) is 10.9. The molecule has 1 unspecified atom stereocenters. The first-order chi connectivity index (χ1) is 7.70. The molecule has 1 fully saturated rings. The van der Waals surface area contributed by atoms with Gasteiger partial charge in [-0.25, -0.2) is 4.79 Å². The number of ether oxygens (including phenoxy) is 2. The Hall–Kier alpha value is -1.56. The first-order valence-electron chi connectivity index (χ1n) is 5.19. The minimum atomic E-state index is -0.501. The average molecular weight is 225 g/mol. The van der Waals surface area contributed by atoms with E-state index >= 15 is 0 Å². The number of carbonyl (C=O) groups is 1. The molecular formula is C10H15N3O3. The predicted octanol–water partition coefficient (Wildman–Crippen LogP) is 0.288. The maximum Gasteiger partial charge on any atom is 0.360 e. The Balaban J connectivity index is 2.07. The van der Waals surface area contributed by atoms with Crippen molar-refractivity contribution in [3.8, 4) is 0 Å².